The molecule has 0 aromatic carbocycles. The number of rotatable bonds is 74. The second-order valence-corrected chi connectivity index (χ2v) is 29.1. The molecule has 0 bridgehead atoms. The Balaban J connectivity index is 5.50. The molecule has 5 atom stereocenters. The van der Waals surface area contributed by atoms with E-state index >= 15 is 0 Å². The van der Waals surface area contributed by atoms with E-state index in [1.54, 1.807) is 0 Å². The predicted octanol–water partition coefficient (Wildman–Crippen LogP) is 23.8. The maximum atomic E-state index is 13.1. The van der Waals surface area contributed by atoms with Crippen molar-refractivity contribution in [2.24, 2.45) is 0 Å². The van der Waals surface area contributed by atoms with Crippen molar-refractivity contribution >= 4 is 39.5 Å². The second-order valence-electron chi connectivity index (χ2n) is 26.2. The van der Waals surface area contributed by atoms with Crippen LogP contribution in [-0.4, -0.2) is 96.7 Å². The van der Waals surface area contributed by atoms with Crippen molar-refractivity contribution in [3.05, 3.63) is 170 Å². The van der Waals surface area contributed by atoms with Gasteiger partial charge in [0.25, 0.3) is 0 Å². The van der Waals surface area contributed by atoms with Crippen LogP contribution in [0.2, 0.25) is 0 Å². The SMILES string of the molecule is CC/C=C\C/C=C\C/C=C\C/C=C\C/C=C\C/C=C\CCC(=O)OC[C@H](COP(=O)(O)OC[C@@H](O)COP(=O)(O)OC[C@@H](COC(=O)CCCCCCCCC/C=C\CCCCCC)OC(=O)CC/C=C\C/C=C\C/C=C\C/C=C\C/C=C\C/C=C\CC)OC(=O)CCCCCCC/C=C\CCCCCC. The smallest absolute Gasteiger partial charge is 0.462 e. The summed E-state index contributed by atoms with van der Waals surface area (Å²) in [6.07, 6.45) is 92.2. The van der Waals surface area contributed by atoms with Crippen molar-refractivity contribution in [2.45, 2.75) is 316 Å². The summed E-state index contributed by atoms with van der Waals surface area (Å²) in [4.78, 5) is 73.0. The summed E-state index contributed by atoms with van der Waals surface area (Å²) in [6.45, 7) is 4.42. The molecule has 19 heteroatoms. The largest absolute Gasteiger partial charge is 0.472 e. The Kier molecular flexibility index (Phi) is 73.5. The van der Waals surface area contributed by atoms with Crippen LogP contribution in [0.1, 0.15) is 297 Å². The minimum atomic E-state index is -5.01. The monoisotopic (exact) mass is 1520 g/mol. The van der Waals surface area contributed by atoms with Gasteiger partial charge in [-0.2, -0.15) is 0 Å². The molecule has 0 spiro atoms. The molecule has 2 unspecified atom stereocenters. The van der Waals surface area contributed by atoms with Gasteiger partial charge in [0.1, 0.15) is 19.3 Å². The molecule has 0 aliphatic heterocycles. The topological polar surface area (TPSA) is 237 Å². The van der Waals surface area contributed by atoms with Crippen LogP contribution in [0.15, 0.2) is 170 Å². The summed E-state index contributed by atoms with van der Waals surface area (Å²) in [7, 11) is -10.0. The Bertz CT molecular complexity index is 2680. The number of hydrogen-bond acceptors (Lipinski definition) is 15. The molecule has 602 valence electrons. The highest BCUT2D eigenvalue weighted by molar-refractivity contribution is 7.47. The average molecular weight is 1520 g/mol. The highest BCUT2D eigenvalue weighted by Gasteiger charge is 2.30. The van der Waals surface area contributed by atoms with Crippen LogP contribution in [0.25, 0.3) is 0 Å². The van der Waals surface area contributed by atoms with E-state index < -0.39 is 97.5 Å². The molecule has 0 radical (unpaired) electrons. The summed E-state index contributed by atoms with van der Waals surface area (Å²) >= 11 is 0. The number of carbonyl (C=O) groups excluding carboxylic acids is 4. The number of phosphoric acid groups is 2. The van der Waals surface area contributed by atoms with Crippen molar-refractivity contribution in [2.75, 3.05) is 39.6 Å². The molecule has 0 aliphatic carbocycles. The van der Waals surface area contributed by atoms with Crippen molar-refractivity contribution in [3.8, 4) is 0 Å². The van der Waals surface area contributed by atoms with Crippen molar-refractivity contribution in [1.29, 1.82) is 0 Å². The highest BCUT2D eigenvalue weighted by Crippen LogP contribution is 2.45. The minimum absolute atomic E-state index is 0.0279. The van der Waals surface area contributed by atoms with Crippen molar-refractivity contribution in [3.63, 3.8) is 0 Å². The third-order valence-corrected chi connectivity index (χ3v) is 18.1. The fourth-order valence-corrected chi connectivity index (χ4v) is 11.7. The van der Waals surface area contributed by atoms with E-state index in [1.807, 2.05) is 36.5 Å². The maximum absolute atomic E-state index is 13.1. The lowest BCUT2D eigenvalue weighted by Gasteiger charge is -2.21. The van der Waals surface area contributed by atoms with E-state index in [0.29, 0.717) is 38.5 Å². The maximum Gasteiger partial charge on any atom is 0.472 e. The van der Waals surface area contributed by atoms with E-state index in [9.17, 15) is 43.2 Å². The van der Waals surface area contributed by atoms with Crippen LogP contribution < -0.4 is 0 Å². The molecule has 17 nitrogen and oxygen atoms in total. The van der Waals surface area contributed by atoms with Crippen molar-refractivity contribution < 1.29 is 80.2 Å². The van der Waals surface area contributed by atoms with Crippen LogP contribution in [-0.2, 0) is 65.4 Å². The van der Waals surface area contributed by atoms with Crippen LogP contribution in [0.3, 0.4) is 0 Å². The first-order valence-electron chi connectivity index (χ1n) is 40.4. The number of aliphatic hydroxyl groups is 1. The third-order valence-electron chi connectivity index (χ3n) is 16.2. The van der Waals surface area contributed by atoms with E-state index in [4.69, 9.17) is 37.0 Å². The molecule has 0 heterocycles. The Hall–Kier alpha value is -5.58. The molecule has 0 rings (SSSR count). The number of allylic oxidation sites excluding steroid dienone is 28. The lowest BCUT2D eigenvalue weighted by Crippen LogP contribution is -2.30. The molecule has 0 aliphatic rings. The molecule has 106 heavy (non-hydrogen) atoms. The summed E-state index contributed by atoms with van der Waals surface area (Å²) in [5.41, 5.74) is 0. The molecule has 3 N–H and O–H groups in total. The van der Waals surface area contributed by atoms with Crippen LogP contribution >= 0.6 is 15.6 Å². The number of carbonyl (C=O) groups is 4. The zero-order valence-electron chi connectivity index (χ0n) is 65.8. The summed E-state index contributed by atoms with van der Waals surface area (Å²) in [5, 5.41) is 10.6. The van der Waals surface area contributed by atoms with E-state index in [2.05, 4.69) is 161 Å². The molecular weight excluding hydrogens is 1380 g/mol. The summed E-state index contributed by atoms with van der Waals surface area (Å²) in [5.74, 6) is -2.40. The van der Waals surface area contributed by atoms with Gasteiger partial charge in [-0.3, -0.25) is 37.3 Å². The number of ether oxygens (including phenoxy) is 4. The van der Waals surface area contributed by atoms with Gasteiger partial charge in [0.15, 0.2) is 12.2 Å². The zero-order valence-corrected chi connectivity index (χ0v) is 67.6. The normalized spacial score (nSPS) is 14.7. The summed E-state index contributed by atoms with van der Waals surface area (Å²) in [6, 6.07) is 0. The first-order valence-corrected chi connectivity index (χ1v) is 43.4. The van der Waals surface area contributed by atoms with Gasteiger partial charge in [-0.1, -0.05) is 288 Å². The molecule has 0 saturated carbocycles. The second kappa shape index (κ2) is 77.6. The van der Waals surface area contributed by atoms with Crippen molar-refractivity contribution in [1.82, 2.24) is 0 Å². The quantitative estimate of drug-likeness (QED) is 0.0169. The first kappa shape index (κ1) is 100. The zero-order chi connectivity index (χ0) is 77.4. The Morgan fingerprint density at radius 3 is 0.830 bits per heavy atom. The van der Waals surface area contributed by atoms with Crippen LogP contribution in [0.4, 0.5) is 0 Å². The number of aliphatic hydroxyl groups excluding tert-OH is 1. The average Bonchev–Trinajstić information content (AvgIpc) is 0.899. The highest BCUT2D eigenvalue weighted by atomic mass is 31.2. The minimum Gasteiger partial charge on any atom is -0.462 e. The van der Waals surface area contributed by atoms with Gasteiger partial charge in [-0.15, -0.1) is 0 Å². The lowest BCUT2D eigenvalue weighted by atomic mass is 10.1. The molecule has 0 aromatic rings. The Labute approximate surface area is 642 Å². The van der Waals surface area contributed by atoms with Gasteiger partial charge in [-0.25, -0.2) is 9.13 Å². The lowest BCUT2D eigenvalue weighted by molar-refractivity contribution is -0.161. The number of esters is 4. The Morgan fingerprint density at radius 2 is 0.509 bits per heavy atom. The number of phosphoric ester groups is 2. The number of hydrogen-bond donors (Lipinski definition) is 3. The van der Waals surface area contributed by atoms with Gasteiger partial charge in [-0.05, 0) is 154 Å². The van der Waals surface area contributed by atoms with Gasteiger partial charge in [0.05, 0.1) is 26.4 Å². The molecule has 0 saturated heterocycles. The van der Waals surface area contributed by atoms with Gasteiger partial charge >= 0.3 is 39.5 Å². The standard InChI is InChI=1S/C87H142O17P2/c1-5-9-13-17-21-25-29-33-36-38-40-42-45-49-52-56-60-64-68-72-85(90)98-77-82(103-86(91)73-69-65-61-57-53-47-32-28-24-20-16-12-8-4)79-101-105(93,94)99-75-81(88)76-100-106(95,96)102-80-83(78-97-84(89)71-67-63-59-55-51-48-44-35-31-27-23-19-15-11-7-3)104-87(92)74-70-66-62-58-54-50-46-43-41-39-37-34-30-26-22-18-14-10-6-2/h9-10,13-14,21-22,25-28,31-34,36-37,40-43,49-50,52,54,60,62,64,66,81-83,88H,5-8,11-12,15-20,23-24,29-30,35,38-39,44-48,51,53,55-59,61,63,65,67-80H2,1-4H3,(H,93,94)(H,95,96)/b13-9-,14-10-,25-21-,26-22-,31-27-,32-28-,36-33-,37-34-,42-40-,43-41-,52-49-,54-50-,64-60-,66-62-/t81-,82-,83-/m1/s1. The van der Waals surface area contributed by atoms with Gasteiger partial charge in [0.2, 0.25) is 0 Å². The fraction of sp³-hybridized carbons (Fsp3) is 0.632. The fourth-order valence-electron chi connectivity index (χ4n) is 10.1. The van der Waals surface area contributed by atoms with E-state index in [1.165, 1.54) is 51.4 Å². The van der Waals surface area contributed by atoms with Gasteiger partial charge in [0, 0.05) is 25.7 Å². The predicted molar refractivity (Wildman–Crippen MR) is 436 cm³/mol. The molecule has 0 amide bonds. The van der Waals surface area contributed by atoms with E-state index in [0.717, 1.165) is 154 Å². The van der Waals surface area contributed by atoms with Gasteiger partial charge < -0.3 is 33.8 Å². The Morgan fingerprint density at radius 1 is 0.274 bits per heavy atom. The molecule has 0 fully saturated rings. The third kappa shape index (κ3) is 76.6. The molecular formula is C87H142O17P2. The summed E-state index contributed by atoms with van der Waals surface area (Å²) < 4.78 is 68.4. The van der Waals surface area contributed by atoms with Crippen LogP contribution in [0.5, 0.6) is 0 Å². The molecule has 0 aromatic heterocycles. The van der Waals surface area contributed by atoms with E-state index in [-0.39, 0.29) is 25.7 Å². The van der Waals surface area contributed by atoms with Crippen LogP contribution in [0, 0.1) is 0 Å². The number of unbranched alkanes of at least 4 members (excludes halogenated alkanes) is 20. The first-order chi connectivity index (χ1) is 51.7.